The predicted molar refractivity (Wildman–Crippen MR) is 55.1 cm³/mol. The second kappa shape index (κ2) is 3.82. The molecule has 0 radical (unpaired) electrons. The summed E-state index contributed by atoms with van der Waals surface area (Å²) in [5.41, 5.74) is 2.04. The molecule has 1 aromatic heterocycles. The van der Waals surface area contributed by atoms with Crippen LogP contribution in [-0.2, 0) is 0 Å². The number of aryl methyl sites for hydroxylation is 1. The van der Waals surface area contributed by atoms with Gasteiger partial charge in [-0.2, -0.15) is 0 Å². The van der Waals surface area contributed by atoms with Gasteiger partial charge in [0.2, 0.25) is 11.8 Å². The first-order valence-electron chi connectivity index (χ1n) is 4.75. The number of aliphatic hydroxyl groups excluding tert-OH is 1. The molecule has 0 spiro atoms. The molecule has 1 unspecified atom stereocenters. The van der Waals surface area contributed by atoms with Crippen molar-refractivity contribution in [2.24, 2.45) is 0 Å². The first kappa shape index (κ1) is 9.86. The maximum absolute atomic E-state index is 9.23. The zero-order valence-corrected chi connectivity index (χ0v) is 8.64. The number of hydrogen-bond acceptors (Lipinski definition) is 4. The quantitative estimate of drug-likeness (QED) is 0.813. The highest BCUT2D eigenvalue weighted by Crippen LogP contribution is 2.20. The summed E-state index contributed by atoms with van der Waals surface area (Å²) in [4.78, 5) is 0. The predicted octanol–water partition coefficient (Wildman–Crippen LogP) is 2.10. The lowest BCUT2D eigenvalue weighted by atomic mass is 10.1. The molecule has 2 aromatic rings. The maximum atomic E-state index is 9.23. The highest BCUT2D eigenvalue weighted by molar-refractivity contribution is 5.52. The van der Waals surface area contributed by atoms with E-state index in [2.05, 4.69) is 10.2 Å². The Morgan fingerprint density at radius 1 is 1.20 bits per heavy atom. The van der Waals surface area contributed by atoms with Crippen molar-refractivity contribution in [1.29, 1.82) is 0 Å². The molecule has 0 amide bonds. The Labute approximate surface area is 87.6 Å². The van der Waals surface area contributed by atoms with Crippen LogP contribution in [0.5, 0.6) is 0 Å². The van der Waals surface area contributed by atoms with Gasteiger partial charge in [0, 0.05) is 5.56 Å². The molecular weight excluding hydrogens is 192 g/mol. The molecule has 4 heteroatoms. The molecule has 78 valence electrons. The molecule has 1 atom stereocenters. The van der Waals surface area contributed by atoms with E-state index in [4.69, 9.17) is 4.42 Å². The zero-order chi connectivity index (χ0) is 10.8. The number of aromatic nitrogens is 2. The van der Waals surface area contributed by atoms with Crippen LogP contribution in [0.4, 0.5) is 0 Å². The minimum atomic E-state index is -0.725. The van der Waals surface area contributed by atoms with Crippen molar-refractivity contribution < 1.29 is 9.52 Å². The number of nitrogens with zero attached hydrogens (tertiary/aromatic N) is 2. The van der Waals surface area contributed by atoms with E-state index in [0.717, 1.165) is 5.56 Å². The Balaban J connectivity index is 2.33. The summed E-state index contributed by atoms with van der Waals surface area (Å²) in [6, 6.07) is 7.77. The summed E-state index contributed by atoms with van der Waals surface area (Å²) in [5, 5.41) is 16.8. The lowest BCUT2D eigenvalue weighted by Crippen LogP contribution is -1.89. The Kier molecular flexibility index (Phi) is 2.51. The number of rotatable bonds is 2. The lowest BCUT2D eigenvalue weighted by Gasteiger charge is -1.96. The SMILES string of the molecule is Cc1ccc(-c2nnc(C(C)O)o2)cc1. The minimum absolute atomic E-state index is 0.241. The largest absolute Gasteiger partial charge is 0.418 e. The van der Waals surface area contributed by atoms with Crippen molar-refractivity contribution in [3.8, 4) is 11.5 Å². The van der Waals surface area contributed by atoms with Crippen molar-refractivity contribution in [3.05, 3.63) is 35.7 Å². The van der Waals surface area contributed by atoms with Crippen LogP contribution in [0.3, 0.4) is 0 Å². The van der Waals surface area contributed by atoms with E-state index in [1.54, 1.807) is 6.92 Å². The zero-order valence-electron chi connectivity index (χ0n) is 8.64. The van der Waals surface area contributed by atoms with Crippen LogP contribution in [0.1, 0.15) is 24.5 Å². The van der Waals surface area contributed by atoms with Gasteiger partial charge in [-0.3, -0.25) is 0 Å². The van der Waals surface area contributed by atoms with E-state index >= 15 is 0 Å². The van der Waals surface area contributed by atoms with Gasteiger partial charge in [-0.15, -0.1) is 10.2 Å². The van der Waals surface area contributed by atoms with Crippen LogP contribution < -0.4 is 0 Å². The topological polar surface area (TPSA) is 59.2 Å². The second-order valence-corrected chi connectivity index (χ2v) is 3.49. The molecule has 2 rings (SSSR count). The molecule has 4 nitrogen and oxygen atoms in total. The Morgan fingerprint density at radius 3 is 2.40 bits per heavy atom. The number of benzene rings is 1. The van der Waals surface area contributed by atoms with Crippen LogP contribution in [0.25, 0.3) is 11.5 Å². The average Bonchev–Trinajstić information content (AvgIpc) is 2.68. The van der Waals surface area contributed by atoms with E-state index in [1.165, 1.54) is 5.56 Å². The third kappa shape index (κ3) is 2.05. The van der Waals surface area contributed by atoms with Crippen LogP contribution in [0, 0.1) is 6.92 Å². The fraction of sp³-hybridized carbons (Fsp3) is 0.273. The van der Waals surface area contributed by atoms with Gasteiger partial charge in [-0.1, -0.05) is 17.7 Å². The van der Waals surface area contributed by atoms with Crippen molar-refractivity contribution in [2.75, 3.05) is 0 Å². The third-order valence-electron chi connectivity index (χ3n) is 2.10. The van der Waals surface area contributed by atoms with E-state index in [-0.39, 0.29) is 5.89 Å². The normalized spacial score (nSPS) is 12.7. The molecule has 1 aromatic carbocycles. The molecule has 0 bridgehead atoms. The standard InChI is InChI=1S/C11H12N2O2/c1-7-3-5-9(6-4-7)11-13-12-10(15-11)8(2)14/h3-6,8,14H,1-2H3. The molecule has 0 aliphatic heterocycles. The third-order valence-corrected chi connectivity index (χ3v) is 2.10. The highest BCUT2D eigenvalue weighted by atomic mass is 16.4. The van der Waals surface area contributed by atoms with Gasteiger partial charge in [0.15, 0.2) is 0 Å². The summed E-state index contributed by atoms with van der Waals surface area (Å²) >= 11 is 0. The molecule has 0 fully saturated rings. The lowest BCUT2D eigenvalue weighted by molar-refractivity contribution is 0.163. The molecular formula is C11H12N2O2. The van der Waals surface area contributed by atoms with Gasteiger partial charge >= 0.3 is 0 Å². The molecule has 15 heavy (non-hydrogen) atoms. The first-order valence-corrected chi connectivity index (χ1v) is 4.75. The summed E-state index contributed by atoms with van der Waals surface area (Å²) < 4.78 is 5.30. The van der Waals surface area contributed by atoms with Crippen LogP contribution in [-0.4, -0.2) is 15.3 Å². The molecule has 1 N–H and O–H groups in total. The molecule has 0 aliphatic rings. The van der Waals surface area contributed by atoms with Crippen molar-refractivity contribution >= 4 is 0 Å². The Bertz CT molecular complexity index is 446. The monoisotopic (exact) mass is 204 g/mol. The Hall–Kier alpha value is -1.68. The van der Waals surface area contributed by atoms with E-state index in [1.807, 2.05) is 31.2 Å². The van der Waals surface area contributed by atoms with Gasteiger partial charge < -0.3 is 9.52 Å². The van der Waals surface area contributed by atoms with Crippen LogP contribution in [0.15, 0.2) is 28.7 Å². The van der Waals surface area contributed by atoms with Crippen molar-refractivity contribution in [1.82, 2.24) is 10.2 Å². The van der Waals surface area contributed by atoms with E-state index < -0.39 is 6.10 Å². The summed E-state index contributed by atoms with van der Waals surface area (Å²) in [7, 11) is 0. The van der Waals surface area contributed by atoms with Crippen molar-refractivity contribution in [3.63, 3.8) is 0 Å². The van der Waals surface area contributed by atoms with Gasteiger partial charge in [-0.25, -0.2) is 0 Å². The second-order valence-electron chi connectivity index (χ2n) is 3.49. The summed E-state index contributed by atoms with van der Waals surface area (Å²) in [6.07, 6.45) is -0.725. The molecule has 0 aliphatic carbocycles. The first-order chi connectivity index (χ1) is 7.16. The van der Waals surface area contributed by atoms with E-state index in [0.29, 0.717) is 5.89 Å². The minimum Gasteiger partial charge on any atom is -0.418 e. The van der Waals surface area contributed by atoms with Gasteiger partial charge in [-0.05, 0) is 26.0 Å². The molecule has 0 saturated heterocycles. The molecule has 0 saturated carbocycles. The number of aliphatic hydroxyl groups is 1. The van der Waals surface area contributed by atoms with E-state index in [9.17, 15) is 5.11 Å². The van der Waals surface area contributed by atoms with Crippen molar-refractivity contribution in [2.45, 2.75) is 20.0 Å². The Morgan fingerprint density at radius 2 is 1.87 bits per heavy atom. The summed E-state index contributed by atoms with van der Waals surface area (Å²) in [6.45, 7) is 3.60. The smallest absolute Gasteiger partial charge is 0.247 e. The highest BCUT2D eigenvalue weighted by Gasteiger charge is 2.11. The summed E-state index contributed by atoms with van der Waals surface area (Å²) in [5.74, 6) is 0.677. The van der Waals surface area contributed by atoms with Gasteiger partial charge in [0.05, 0.1) is 0 Å². The maximum Gasteiger partial charge on any atom is 0.247 e. The van der Waals surface area contributed by atoms with Gasteiger partial charge in [0.1, 0.15) is 6.10 Å². The van der Waals surface area contributed by atoms with Crippen LogP contribution >= 0.6 is 0 Å². The average molecular weight is 204 g/mol. The van der Waals surface area contributed by atoms with Crippen LogP contribution in [0.2, 0.25) is 0 Å². The van der Waals surface area contributed by atoms with Gasteiger partial charge in [0.25, 0.3) is 0 Å². The number of hydrogen-bond donors (Lipinski definition) is 1. The molecule has 1 heterocycles. The fourth-order valence-electron chi connectivity index (χ4n) is 1.22. The fourth-order valence-corrected chi connectivity index (χ4v) is 1.22.